The van der Waals surface area contributed by atoms with Crippen molar-refractivity contribution < 1.29 is 23.4 Å². The number of anilines is 1. The maximum absolute atomic E-state index is 13.9. The van der Waals surface area contributed by atoms with Gasteiger partial charge in [-0.15, -0.1) is 0 Å². The van der Waals surface area contributed by atoms with E-state index < -0.39 is 12.1 Å². The standard InChI is InChI=1S/C23H26ClFN4O2.C5H10O2/c1-3-30-23(31-13-5-4-11-27-2)10-12-29(20-8-7-19(15-26)28-16-20)17-18-6-9-21(24)22(25)14-18;1-5(2,3)7-4-6/h6-9,14,16,23,27H,3,10-13,17H2,1-2H3;4H,1-3H3. The fourth-order valence-corrected chi connectivity index (χ4v) is 3.06. The molecule has 8 nitrogen and oxygen atoms in total. The van der Waals surface area contributed by atoms with Crippen LogP contribution in [0.25, 0.3) is 0 Å². The lowest BCUT2D eigenvalue weighted by Crippen LogP contribution is -2.29. The topological polar surface area (TPSA) is 96.7 Å². The molecule has 0 saturated heterocycles. The predicted molar refractivity (Wildman–Crippen MR) is 146 cm³/mol. The molecule has 1 N–H and O–H groups in total. The number of aromatic nitrogens is 1. The zero-order chi connectivity index (χ0) is 28.4. The van der Waals surface area contributed by atoms with E-state index in [4.69, 9.17) is 26.3 Å². The van der Waals surface area contributed by atoms with Gasteiger partial charge in [0, 0.05) is 26.1 Å². The largest absolute Gasteiger partial charge is 0.462 e. The van der Waals surface area contributed by atoms with Crippen LogP contribution in [0.3, 0.4) is 0 Å². The van der Waals surface area contributed by atoms with Crippen molar-refractivity contribution in [3.05, 3.63) is 58.6 Å². The molecule has 0 bridgehead atoms. The first-order valence-electron chi connectivity index (χ1n) is 12.1. The second kappa shape index (κ2) is 18.1. The van der Waals surface area contributed by atoms with E-state index in [1.54, 1.807) is 18.3 Å². The number of rotatable bonds is 12. The SMILES string of the molecule is CC(C)(C)OC=O.CCOC(CCN(Cc1ccc(Cl)c(F)c1)c1ccc(C#N)nc1)OCC#CCNC. The van der Waals surface area contributed by atoms with Crippen LogP contribution >= 0.6 is 11.6 Å². The molecule has 0 saturated carbocycles. The summed E-state index contributed by atoms with van der Waals surface area (Å²) in [6, 6.07) is 10.2. The van der Waals surface area contributed by atoms with Gasteiger partial charge in [-0.05, 0) is 64.6 Å². The third kappa shape index (κ3) is 13.9. The molecule has 0 spiro atoms. The lowest BCUT2D eigenvalue weighted by atomic mass is 10.2. The van der Waals surface area contributed by atoms with Gasteiger partial charge in [-0.3, -0.25) is 4.79 Å². The summed E-state index contributed by atoms with van der Waals surface area (Å²) in [7, 11) is 1.83. The Balaban J connectivity index is 0.000000905. The highest BCUT2D eigenvalue weighted by Crippen LogP contribution is 2.21. The summed E-state index contributed by atoms with van der Waals surface area (Å²) in [5.41, 5.74) is 1.58. The summed E-state index contributed by atoms with van der Waals surface area (Å²) in [5.74, 6) is 5.41. The number of carbonyl (C=O) groups is 1. The number of benzene rings is 1. The Morgan fingerprint density at radius 1 is 1.24 bits per heavy atom. The lowest BCUT2D eigenvalue weighted by molar-refractivity contribution is -0.138. The first-order chi connectivity index (χ1) is 18.1. The fourth-order valence-electron chi connectivity index (χ4n) is 2.94. The monoisotopic (exact) mass is 546 g/mol. The number of halogens is 2. The maximum atomic E-state index is 13.9. The molecule has 0 aliphatic carbocycles. The van der Waals surface area contributed by atoms with Crippen molar-refractivity contribution in [2.45, 2.75) is 52.6 Å². The molecule has 0 fully saturated rings. The number of nitriles is 1. The summed E-state index contributed by atoms with van der Waals surface area (Å²) < 4.78 is 29.9. The van der Waals surface area contributed by atoms with Gasteiger partial charge in [-0.25, -0.2) is 9.37 Å². The number of carbonyl (C=O) groups excluding carboxylic acids is 1. The Morgan fingerprint density at radius 2 is 2.00 bits per heavy atom. The highest BCUT2D eigenvalue weighted by atomic mass is 35.5. The molecular weight excluding hydrogens is 511 g/mol. The van der Waals surface area contributed by atoms with Crippen LogP contribution in [0.2, 0.25) is 5.02 Å². The second-order valence-corrected chi connectivity index (χ2v) is 9.29. The normalized spacial score (nSPS) is 11.2. The Bertz CT molecular complexity index is 1080. The zero-order valence-corrected chi connectivity index (χ0v) is 23.3. The molecule has 2 aromatic rings. The Labute approximate surface area is 230 Å². The molecule has 206 valence electrons. The molecular formula is C28H36ClFN4O4. The molecule has 1 heterocycles. The van der Waals surface area contributed by atoms with E-state index >= 15 is 0 Å². The molecule has 0 amide bonds. The van der Waals surface area contributed by atoms with Crippen LogP contribution in [0.4, 0.5) is 10.1 Å². The zero-order valence-electron chi connectivity index (χ0n) is 22.6. The van der Waals surface area contributed by atoms with Crippen LogP contribution in [-0.4, -0.2) is 56.7 Å². The molecule has 0 radical (unpaired) electrons. The summed E-state index contributed by atoms with van der Waals surface area (Å²) in [6.07, 6.45) is 1.77. The fraction of sp³-hybridized carbons (Fsp3) is 0.464. The molecule has 38 heavy (non-hydrogen) atoms. The van der Waals surface area contributed by atoms with E-state index in [1.807, 2.05) is 51.8 Å². The van der Waals surface area contributed by atoms with Crippen molar-refractivity contribution in [3.63, 3.8) is 0 Å². The van der Waals surface area contributed by atoms with Crippen LogP contribution in [0, 0.1) is 29.0 Å². The average molecular weight is 547 g/mol. The van der Waals surface area contributed by atoms with Gasteiger partial charge >= 0.3 is 0 Å². The lowest BCUT2D eigenvalue weighted by Gasteiger charge is -2.27. The van der Waals surface area contributed by atoms with Crippen LogP contribution in [0.1, 0.15) is 45.4 Å². The summed E-state index contributed by atoms with van der Waals surface area (Å²) in [5, 5.41) is 12.0. The van der Waals surface area contributed by atoms with Crippen molar-refractivity contribution in [1.82, 2.24) is 10.3 Å². The smallest absolute Gasteiger partial charge is 0.293 e. The minimum absolute atomic E-state index is 0.0829. The number of nitrogens with one attached hydrogen (secondary N) is 1. The van der Waals surface area contributed by atoms with Crippen molar-refractivity contribution >= 4 is 23.8 Å². The van der Waals surface area contributed by atoms with Crippen LogP contribution in [0.15, 0.2) is 36.5 Å². The maximum Gasteiger partial charge on any atom is 0.293 e. The van der Waals surface area contributed by atoms with E-state index in [-0.39, 0.29) is 17.2 Å². The Morgan fingerprint density at radius 3 is 2.53 bits per heavy atom. The number of pyridine rings is 1. The van der Waals surface area contributed by atoms with Gasteiger partial charge in [0.05, 0.1) is 23.5 Å². The van der Waals surface area contributed by atoms with E-state index in [1.165, 1.54) is 12.1 Å². The molecule has 2 rings (SSSR count). The van der Waals surface area contributed by atoms with E-state index in [9.17, 15) is 9.18 Å². The van der Waals surface area contributed by atoms with Crippen LogP contribution in [-0.2, 0) is 25.5 Å². The van der Waals surface area contributed by atoms with Gasteiger partial charge in [-0.2, -0.15) is 5.26 Å². The number of hydrogen-bond acceptors (Lipinski definition) is 8. The van der Waals surface area contributed by atoms with Gasteiger partial charge in [0.2, 0.25) is 0 Å². The van der Waals surface area contributed by atoms with Crippen LogP contribution < -0.4 is 10.2 Å². The third-order valence-electron chi connectivity index (χ3n) is 4.71. The minimum atomic E-state index is -0.465. The summed E-state index contributed by atoms with van der Waals surface area (Å²) in [6.45, 7) is 10.2. The molecule has 1 unspecified atom stereocenters. The van der Waals surface area contributed by atoms with E-state index in [0.717, 1.165) is 11.3 Å². The Kier molecular flexibility index (Phi) is 15.6. The predicted octanol–water partition coefficient (Wildman–Crippen LogP) is 4.70. The molecule has 10 heteroatoms. The summed E-state index contributed by atoms with van der Waals surface area (Å²) >= 11 is 5.81. The van der Waals surface area contributed by atoms with Gasteiger partial charge in [0.1, 0.15) is 29.8 Å². The first kappa shape index (κ1) is 32.8. The third-order valence-corrected chi connectivity index (χ3v) is 5.01. The minimum Gasteiger partial charge on any atom is -0.462 e. The Hall–Kier alpha value is -3.21. The number of ether oxygens (including phenoxy) is 3. The van der Waals surface area contributed by atoms with Gasteiger partial charge in [0.15, 0.2) is 6.29 Å². The van der Waals surface area contributed by atoms with Crippen molar-refractivity contribution in [2.75, 3.05) is 38.3 Å². The molecule has 0 aliphatic rings. The number of hydrogen-bond donors (Lipinski definition) is 1. The molecule has 0 aliphatic heterocycles. The average Bonchev–Trinajstić information content (AvgIpc) is 2.88. The van der Waals surface area contributed by atoms with Crippen LogP contribution in [0.5, 0.6) is 0 Å². The number of nitrogens with zero attached hydrogens (tertiary/aromatic N) is 3. The highest BCUT2D eigenvalue weighted by molar-refractivity contribution is 6.30. The van der Waals surface area contributed by atoms with Gasteiger partial charge in [0.25, 0.3) is 6.47 Å². The first-order valence-corrected chi connectivity index (χ1v) is 12.5. The van der Waals surface area contributed by atoms with Gasteiger partial charge in [-0.1, -0.05) is 29.5 Å². The van der Waals surface area contributed by atoms with Crippen molar-refractivity contribution in [3.8, 4) is 17.9 Å². The molecule has 1 aromatic carbocycles. The molecule has 1 atom stereocenters. The van der Waals surface area contributed by atoms with E-state index in [0.29, 0.717) is 44.8 Å². The summed E-state index contributed by atoms with van der Waals surface area (Å²) in [4.78, 5) is 15.8. The van der Waals surface area contributed by atoms with Crippen molar-refractivity contribution in [2.24, 2.45) is 0 Å². The van der Waals surface area contributed by atoms with Crippen molar-refractivity contribution in [1.29, 1.82) is 5.26 Å². The van der Waals surface area contributed by atoms with E-state index in [2.05, 4.69) is 26.9 Å². The second-order valence-electron chi connectivity index (χ2n) is 8.88. The quantitative estimate of drug-likeness (QED) is 0.232. The van der Waals surface area contributed by atoms with Gasteiger partial charge < -0.3 is 24.4 Å². The highest BCUT2D eigenvalue weighted by Gasteiger charge is 2.15. The molecule has 1 aromatic heterocycles.